The van der Waals surface area contributed by atoms with Gasteiger partial charge in [0.2, 0.25) is 0 Å². The van der Waals surface area contributed by atoms with Crippen LogP contribution in [0, 0.1) is 0 Å². The van der Waals surface area contributed by atoms with Crippen molar-refractivity contribution in [1.29, 1.82) is 0 Å². The van der Waals surface area contributed by atoms with Crippen molar-refractivity contribution in [3.05, 3.63) is 0 Å². The molecule has 0 rings (SSSR count). The molecule has 0 radical (unpaired) electrons. The van der Waals surface area contributed by atoms with Gasteiger partial charge < -0.3 is 4.74 Å². The molecule has 1 atom stereocenters. The second kappa shape index (κ2) is 3.51. The minimum Gasteiger partial charge on any atom is -0.378 e. The van der Waals surface area contributed by atoms with E-state index in [9.17, 15) is 26.3 Å². The summed E-state index contributed by atoms with van der Waals surface area (Å²) in [5.41, 5.74) is 0. The van der Waals surface area contributed by atoms with Crippen LogP contribution in [-0.4, -0.2) is 32.0 Å². The Kier molecular flexibility index (Phi) is 3.37. The van der Waals surface area contributed by atoms with Crippen LogP contribution in [0.2, 0.25) is 0 Å². The standard InChI is InChI=1S/C5H6F6O/c1-12-2-4(7,8)3(6)5(9,10)11/h3H,2H2,1H3/t3-/m0/s1. The highest BCUT2D eigenvalue weighted by Crippen LogP contribution is 2.34. The lowest BCUT2D eigenvalue weighted by Gasteiger charge is -2.21. The summed E-state index contributed by atoms with van der Waals surface area (Å²) in [7, 11) is 0.761. The Morgan fingerprint density at radius 2 is 1.58 bits per heavy atom. The number of halogens is 6. The van der Waals surface area contributed by atoms with Gasteiger partial charge in [-0.15, -0.1) is 0 Å². The molecule has 0 bridgehead atoms. The molecule has 74 valence electrons. The van der Waals surface area contributed by atoms with Crippen LogP contribution in [0.4, 0.5) is 26.3 Å². The summed E-state index contributed by atoms with van der Waals surface area (Å²) in [5, 5.41) is 0. The molecule has 0 heterocycles. The smallest absolute Gasteiger partial charge is 0.378 e. The van der Waals surface area contributed by atoms with Crippen molar-refractivity contribution < 1.29 is 31.1 Å². The van der Waals surface area contributed by atoms with Gasteiger partial charge in [0.05, 0.1) is 0 Å². The first-order valence-electron chi connectivity index (χ1n) is 2.79. The lowest BCUT2D eigenvalue weighted by Crippen LogP contribution is -2.44. The molecule has 0 aromatic heterocycles. The van der Waals surface area contributed by atoms with Crippen LogP contribution in [0.15, 0.2) is 0 Å². The fourth-order valence-electron chi connectivity index (χ4n) is 0.505. The summed E-state index contributed by atoms with van der Waals surface area (Å²) in [6.07, 6.45) is -9.73. The molecular weight excluding hydrogens is 190 g/mol. The average Bonchev–Trinajstić information content (AvgIpc) is 1.84. The highest BCUT2D eigenvalue weighted by molar-refractivity contribution is 4.82. The molecule has 0 aliphatic heterocycles. The molecule has 12 heavy (non-hydrogen) atoms. The van der Waals surface area contributed by atoms with Crippen LogP contribution >= 0.6 is 0 Å². The molecule has 0 aromatic carbocycles. The molecule has 0 amide bonds. The number of methoxy groups -OCH3 is 1. The zero-order chi connectivity index (χ0) is 9.99. The van der Waals surface area contributed by atoms with Crippen LogP contribution in [0.3, 0.4) is 0 Å². The summed E-state index contributed by atoms with van der Waals surface area (Å²) in [4.78, 5) is 0. The molecule has 7 heteroatoms. The summed E-state index contributed by atoms with van der Waals surface area (Å²) in [5.74, 6) is -4.52. The van der Waals surface area contributed by atoms with Gasteiger partial charge in [0.25, 0.3) is 6.17 Å². The number of alkyl halides is 6. The zero-order valence-electron chi connectivity index (χ0n) is 5.96. The normalized spacial score (nSPS) is 16.2. The molecule has 0 unspecified atom stereocenters. The third kappa shape index (κ3) is 2.88. The van der Waals surface area contributed by atoms with E-state index < -0.39 is 24.9 Å². The Morgan fingerprint density at radius 3 is 1.83 bits per heavy atom. The van der Waals surface area contributed by atoms with Crippen molar-refractivity contribution in [3.63, 3.8) is 0 Å². The molecule has 0 fully saturated rings. The predicted molar refractivity (Wildman–Crippen MR) is 27.8 cm³/mol. The number of rotatable bonds is 3. The van der Waals surface area contributed by atoms with Gasteiger partial charge in [-0.05, 0) is 0 Å². The molecule has 1 nitrogen and oxygen atoms in total. The van der Waals surface area contributed by atoms with Gasteiger partial charge in [0, 0.05) is 7.11 Å². The first-order valence-corrected chi connectivity index (χ1v) is 2.79. The molecular formula is C5H6F6O. The minimum absolute atomic E-state index is 0.761. The van der Waals surface area contributed by atoms with E-state index in [4.69, 9.17) is 0 Å². The van der Waals surface area contributed by atoms with E-state index in [2.05, 4.69) is 4.74 Å². The highest BCUT2D eigenvalue weighted by Gasteiger charge is 2.56. The summed E-state index contributed by atoms with van der Waals surface area (Å²) in [6, 6.07) is 0. The van der Waals surface area contributed by atoms with Crippen LogP contribution < -0.4 is 0 Å². The van der Waals surface area contributed by atoms with Crippen LogP contribution in [0.25, 0.3) is 0 Å². The number of hydrogen-bond acceptors (Lipinski definition) is 1. The lowest BCUT2D eigenvalue weighted by molar-refractivity contribution is -0.253. The summed E-state index contributed by atoms with van der Waals surface area (Å²) in [6.45, 7) is -1.59. The lowest BCUT2D eigenvalue weighted by atomic mass is 10.2. The monoisotopic (exact) mass is 196 g/mol. The maximum atomic E-state index is 12.1. The molecule has 0 aliphatic rings. The van der Waals surface area contributed by atoms with E-state index in [1.54, 1.807) is 0 Å². The molecule has 0 spiro atoms. The van der Waals surface area contributed by atoms with Crippen molar-refractivity contribution in [2.24, 2.45) is 0 Å². The van der Waals surface area contributed by atoms with Gasteiger partial charge in [-0.25, -0.2) is 13.2 Å². The Hall–Kier alpha value is -0.460. The van der Waals surface area contributed by atoms with E-state index in [0.29, 0.717) is 0 Å². The molecule has 0 N–H and O–H groups in total. The van der Waals surface area contributed by atoms with E-state index in [1.165, 1.54) is 0 Å². The van der Waals surface area contributed by atoms with Crippen molar-refractivity contribution in [2.75, 3.05) is 13.7 Å². The highest BCUT2D eigenvalue weighted by atomic mass is 19.4. The quantitative estimate of drug-likeness (QED) is 0.628. The molecule has 0 aromatic rings. The largest absolute Gasteiger partial charge is 0.425 e. The van der Waals surface area contributed by atoms with Crippen LogP contribution in [0.5, 0.6) is 0 Å². The van der Waals surface area contributed by atoms with Crippen molar-refractivity contribution in [2.45, 2.75) is 18.3 Å². The van der Waals surface area contributed by atoms with Crippen LogP contribution in [0.1, 0.15) is 0 Å². The van der Waals surface area contributed by atoms with E-state index in [1.807, 2.05) is 0 Å². The zero-order valence-corrected chi connectivity index (χ0v) is 5.96. The second-order valence-corrected chi connectivity index (χ2v) is 2.10. The number of ether oxygens (including phenoxy) is 1. The van der Waals surface area contributed by atoms with E-state index >= 15 is 0 Å². The van der Waals surface area contributed by atoms with Crippen molar-refractivity contribution in [1.82, 2.24) is 0 Å². The maximum Gasteiger partial charge on any atom is 0.425 e. The van der Waals surface area contributed by atoms with Gasteiger partial charge >= 0.3 is 12.1 Å². The first kappa shape index (κ1) is 11.5. The van der Waals surface area contributed by atoms with Crippen molar-refractivity contribution in [3.8, 4) is 0 Å². The number of hydrogen-bond donors (Lipinski definition) is 0. The van der Waals surface area contributed by atoms with Crippen molar-refractivity contribution >= 4 is 0 Å². The maximum absolute atomic E-state index is 12.1. The van der Waals surface area contributed by atoms with E-state index in [-0.39, 0.29) is 0 Å². The fraction of sp³-hybridized carbons (Fsp3) is 1.00. The summed E-state index contributed by atoms with van der Waals surface area (Å²) >= 11 is 0. The Balaban J connectivity index is 4.34. The van der Waals surface area contributed by atoms with E-state index in [0.717, 1.165) is 7.11 Å². The molecule has 0 saturated carbocycles. The first-order chi connectivity index (χ1) is 5.22. The third-order valence-corrected chi connectivity index (χ3v) is 0.995. The second-order valence-electron chi connectivity index (χ2n) is 2.10. The van der Waals surface area contributed by atoms with Gasteiger partial charge in [-0.3, -0.25) is 0 Å². The van der Waals surface area contributed by atoms with Gasteiger partial charge in [-0.2, -0.15) is 13.2 Å². The Labute approximate surface area is 64.3 Å². The Bertz CT molecular complexity index is 141. The topological polar surface area (TPSA) is 9.23 Å². The van der Waals surface area contributed by atoms with Crippen LogP contribution in [-0.2, 0) is 4.74 Å². The molecule has 0 aliphatic carbocycles. The predicted octanol–water partition coefficient (Wildman–Crippen LogP) is 2.17. The van der Waals surface area contributed by atoms with Gasteiger partial charge in [0.15, 0.2) is 0 Å². The average molecular weight is 196 g/mol. The van der Waals surface area contributed by atoms with Gasteiger partial charge in [0.1, 0.15) is 6.61 Å². The summed E-state index contributed by atoms with van der Waals surface area (Å²) < 4.78 is 73.9. The minimum atomic E-state index is -5.55. The fourth-order valence-corrected chi connectivity index (χ4v) is 0.505. The third-order valence-electron chi connectivity index (χ3n) is 0.995. The Morgan fingerprint density at radius 1 is 1.17 bits per heavy atom. The van der Waals surface area contributed by atoms with Gasteiger partial charge in [-0.1, -0.05) is 0 Å². The molecule has 0 saturated heterocycles. The SMILES string of the molecule is COCC(F)(F)[C@H](F)C(F)(F)F.